The molecule has 1 rings (SSSR count). The maximum atomic E-state index is 11.7. The second-order valence-electron chi connectivity index (χ2n) is 4.63. The van der Waals surface area contributed by atoms with Crippen molar-refractivity contribution in [2.45, 2.75) is 26.3 Å². The number of hydrogen-bond donors (Lipinski definition) is 3. The molecule has 0 aliphatic heterocycles. The summed E-state index contributed by atoms with van der Waals surface area (Å²) in [5, 5.41) is 14.1. The first kappa shape index (κ1) is 15.7. The lowest BCUT2D eigenvalue weighted by molar-refractivity contribution is -0.139. The number of urea groups is 1. The number of hydrogen-bond acceptors (Lipinski definition) is 2. The van der Waals surface area contributed by atoms with Gasteiger partial charge in [-0.15, -0.1) is 0 Å². The monoisotopic (exact) mass is 376 g/mol. The van der Waals surface area contributed by atoms with Crippen molar-refractivity contribution >= 4 is 40.3 Å². The van der Waals surface area contributed by atoms with Crippen LogP contribution in [-0.2, 0) is 4.79 Å². The molecule has 0 unspecified atom stereocenters. The molecule has 0 radical (unpaired) electrons. The number of rotatable bonds is 5. The topological polar surface area (TPSA) is 78.4 Å². The molecule has 6 heteroatoms. The Balaban J connectivity index is 2.57. The number of aliphatic carboxylic acids is 1. The fraction of sp³-hybridized carbons (Fsp3) is 0.385. The van der Waals surface area contributed by atoms with Gasteiger partial charge in [-0.1, -0.05) is 13.8 Å². The third-order valence-corrected chi connectivity index (χ3v) is 3.13. The lowest BCUT2D eigenvalue weighted by Crippen LogP contribution is -2.43. The van der Waals surface area contributed by atoms with E-state index in [1.807, 2.05) is 26.0 Å². The van der Waals surface area contributed by atoms with Crippen molar-refractivity contribution in [1.82, 2.24) is 5.32 Å². The van der Waals surface area contributed by atoms with E-state index in [1.165, 1.54) is 0 Å². The predicted octanol–water partition coefficient (Wildman–Crippen LogP) is 2.91. The second kappa shape index (κ2) is 7.32. The van der Waals surface area contributed by atoms with Crippen LogP contribution in [0.1, 0.15) is 20.3 Å². The fourth-order valence-corrected chi connectivity index (χ4v) is 1.91. The van der Waals surface area contributed by atoms with E-state index in [-0.39, 0.29) is 5.92 Å². The summed E-state index contributed by atoms with van der Waals surface area (Å²) in [5.41, 5.74) is 0.631. The van der Waals surface area contributed by atoms with Crippen LogP contribution in [-0.4, -0.2) is 23.1 Å². The highest BCUT2D eigenvalue weighted by atomic mass is 127. The zero-order chi connectivity index (χ0) is 14.4. The summed E-state index contributed by atoms with van der Waals surface area (Å²) in [6, 6.07) is 5.87. The summed E-state index contributed by atoms with van der Waals surface area (Å²) in [7, 11) is 0. The number of nitrogens with one attached hydrogen (secondary N) is 2. The minimum atomic E-state index is -1.02. The lowest BCUT2D eigenvalue weighted by atomic mass is 10.0. The molecule has 19 heavy (non-hydrogen) atoms. The average molecular weight is 376 g/mol. The van der Waals surface area contributed by atoms with Gasteiger partial charge in [0.2, 0.25) is 0 Å². The van der Waals surface area contributed by atoms with E-state index < -0.39 is 18.0 Å². The first-order chi connectivity index (χ1) is 8.88. The third-order valence-electron chi connectivity index (χ3n) is 2.41. The van der Waals surface area contributed by atoms with Gasteiger partial charge in [-0.25, -0.2) is 9.59 Å². The van der Waals surface area contributed by atoms with Crippen LogP contribution in [0, 0.1) is 9.49 Å². The van der Waals surface area contributed by atoms with Crippen molar-refractivity contribution in [3.63, 3.8) is 0 Å². The molecule has 0 aliphatic rings. The zero-order valence-electron chi connectivity index (χ0n) is 10.8. The van der Waals surface area contributed by atoms with E-state index in [2.05, 4.69) is 33.2 Å². The highest BCUT2D eigenvalue weighted by Gasteiger charge is 2.20. The number of carboxylic acid groups (broad SMARTS) is 1. The lowest BCUT2D eigenvalue weighted by Gasteiger charge is -2.16. The molecule has 104 valence electrons. The summed E-state index contributed by atoms with van der Waals surface area (Å²) < 4.78 is 1.06. The Morgan fingerprint density at radius 1 is 1.26 bits per heavy atom. The van der Waals surface area contributed by atoms with E-state index in [4.69, 9.17) is 5.11 Å². The summed E-state index contributed by atoms with van der Waals surface area (Å²) in [6.07, 6.45) is 0.398. The van der Waals surface area contributed by atoms with Crippen LogP contribution in [0.3, 0.4) is 0 Å². The molecule has 1 aromatic rings. The number of carbonyl (C=O) groups is 2. The molecule has 0 aromatic heterocycles. The molecule has 0 spiro atoms. The summed E-state index contributed by atoms with van der Waals surface area (Å²) in [4.78, 5) is 22.7. The van der Waals surface area contributed by atoms with Crippen molar-refractivity contribution in [2.24, 2.45) is 5.92 Å². The SMILES string of the molecule is CC(C)C[C@H](NC(=O)Nc1ccc(I)cc1)C(=O)O. The second-order valence-corrected chi connectivity index (χ2v) is 5.87. The third kappa shape index (κ3) is 5.91. The van der Waals surface area contributed by atoms with Gasteiger partial charge in [0.1, 0.15) is 6.04 Å². The quantitative estimate of drug-likeness (QED) is 0.692. The number of amides is 2. The maximum Gasteiger partial charge on any atom is 0.326 e. The van der Waals surface area contributed by atoms with Crippen LogP contribution in [0.4, 0.5) is 10.5 Å². The molecular formula is C13H17IN2O3. The van der Waals surface area contributed by atoms with E-state index in [1.54, 1.807) is 12.1 Å². The van der Waals surface area contributed by atoms with Gasteiger partial charge >= 0.3 is 12.0 Å². The normalized spacial score (nSPS) is 12.0. The largest absolute Gasteiger partial charge is 0.480 e. The van der Waals surface area contributed by atoms with E-state index in [9.17, 15) is 9.59 Å². The Morgan fingerprint density at radius 3 is 2.32 bits per heavy atom. The smallest absolute Gasteiger partial charge is 0.326 e. The Labute approximate surface area is 125 Å². The summed E-state index contributed by atoms with van der Waals surface area (Å²) >= 11 is 2.17. The van der Waals surface area contributed by atoms with Gasteiger partial charge in [-0.3, -0.25) is 0 Å². The number of carbonyl (C=O) groups excluding carboxylic acids is 1. The molecule has 0 heterocycles. The van der Waals surface area contributed by atoms with Gasteiger partial charge in [0, 0.05) is 9.26 Å². The number of halogens is 1. The van der Waals surface area contributed by atoms with E-state index in [0.29, 0.717) is 12.1 Å². The number of anilines is 1. The zero-order valence-corrected chi connectivity index (χ0v) is 13.0. The van der Waals surface area contributed by atoms with Gasteiger partial charge in [-0.2, -0.15) is 0 Å². The molecule has 0 saturated heterocycles. The van der Waals surface area contributed by atoms with Crippen LogP contribution in [0.2, 0.25) is 0 Å². The summed E-state index contributed by atoms with van der Waals surface area (Å²) in [5.74, 6) is -0.828. The minimum absolute atomic E-state index is 0.194. The van der Waals surface area contributed by atoms with Crippen molar-refractivity contribution in [2.75, 3.05) is 5.32 Å². The van der Waals surface area contributed by atoms with Crippen molar-refractivity contribution in [1.29, 1.82) is 0 Å². The maximum absolute atomic E-state index is 11.7. The molecule has 5 nitrogen and oxygen atoms in total. The van der Waals surface area contributed by atoms with Gasteiger partial charge in [-0.05, 0) is 59.2 Å². The molecule has 1 aromatic carbocycles. The predicted molar refractivity (Wildman–Crippen MR) is 82.2 cm³/mol. The van der Waals surface area contributed by atoms with Crippen LogP contribution < -0.4 is 10.6 Å². The van der Waals surface area contributed by atoms with Gasteiger partial charge < -0.3 is 15.7 Å². The Bertz CT molecular complexity index is 446. The van der Waals surface area contributed by atoms with Crippen molar-refractivity contribution < 1.29 is 14.7 Å². The molecular weight excluding hydrogens is 359 g/mol. The fourth-order valence-electron chi connectivity index (χ4n) is 1.55. The standard InChI is InChI=1S/C13H17IN2O3/c1-8(2)7-11(12(17)18)16-13(19)15-10-5-3-9(14)4-6-10/h3-6,8,11H,7H2,1-2H3,(H,17,18)(H2,15,16,19)/t11-/m0/s1. The molecule has 1 atom stereocenters. The number of benzene rings is 1. The van der Waals surface area contributed by atoms with Crippen molar-refractivity contribution in [3.05, 3.63) is 27.8 Å². The molecule has 0 bridgehead atoms. The molecule has 3 N–H and O–H groups in total. The first-order valence-corrected chi connectivity index (χ1v) is 7.02. The van der Waals surface area contributed by atoms with Gasteiger partial charge in [0.15, 0.2) is 0 Å². The van der Waals surface area contributed by atoms with Crippen LogP contribution in [0.5, 0.6) is 0 Å². The van der Waals surface area contributed by atoms with Crippen LogP contribution in [0.25, 0.3) is 0 Å². The Hall–Kier alpha value is -1.31. The Morgan fingerprint density at radius 2 is 1.84 bits per heavy atom. The van der Waals surface area contributed by atoms with E-state index in [0.717, 1.165) is 3.57 Å². The number of carboxylic acids is 1. The van der Waals surface area contributed by atoms with E-state index >= 15 is 0 Å². The molecule has 0 saturated carbocycles. The molecule has 0 fully saturated rings. The first-order valence-electron chi connectivity index (χ1n) is 5.94. The average Bonchev–Trinajstić information content (AvgIpc) is 2.30. The Kier molecular flexibility index (Phi) is 6.07. The van der Waals surface area contributed by atoms with Crippen molar-refractivity contribution in [3.8, 4) is 0 Å². The highest BCUT2D eigenvalue weighted by molar-refractivity contribution is 14.1. The van der Waals surface area contributed by atoms with Crippen LogP contribution in [0.15, 0.2) is 24.3 Å². The van der Waals surface area contributed by atoms with Crippen LogP contribution >= 0.6 is 22.6 Å². The molecule has 2 amide bonds. The highest BCUT2D eigenvalue weighted by Crippen LogP contribution is 2.11. The van der Waals surface area contributed by atoms with Gasteiger partial charge in [0.05, 0.1) is 0 Å². The van der Waals surface area contributed by atoms with Gasteiger partial charge in [0.25, 0.3) is 0 Å². The molecule has 0 aliphatic carbocycles. The minimum Gasteiger partial charge on any atom is -0.480 e. The summed E-state index contributed by atoms with van der Waals surface area (Å²) in [6.45, 7) is 3.82.